The van der Waals surface area contributed by atoms with Gasteiger partial charge in [0, 0.05) is 12.6 Å². The summed E-state index contributed by atoms with van der Waals surface area (Å²) in [6, 6.07) is 5.55. The maximum absolute atomic E-state index is 13.4. The molecule has 2 N–H and O–H groups in total. The van der Waals surface area contributed by atoms with Crippen LogP contribution in [0.5, 0.6) is 0 Å². The van der Waals surface area contributed by atoms with Crippen LogP contribution < -0.4 is 5.32 Å². The van der Waals surface area contributed by atoms with Crippen molar-refractivity contribution in [1.82, 2.24) is 10.2 Å². The molecule has 1 amide bonds. The summed E-state index contributed by atoms with van der Waals surface area (Å²) in [7, 11) is 0. The third-order valence-electron chi connectivity index (χ3n) is 3.57. The predicted octanol–water partition coefficient (Wildman–Crippen LogP) is 3.02. The molecule has 0 spiro atoms. The van der Waals surface area contributed by atoms with Crippen LogP contribution in [-0.4, -0.2) is 41.4 Å². The zero-order chi connectivity index (χ0) is 15.5. The summed E-state index contributed by atoms with van der Waals surface area (Å²) >= 11 is 0. The minimum atomic E-state index is -4.40. The zero-order valence-corrected chi connectivity index (χ0v) is 11.3. The van der Waals surface area contributed by atoms with Crippen LogP contribution >= 0.6 is 0 Å². The molecule has 1 aromatic carbocycles. The average molecular weight is 302 g/mol. The Morgan fingerprint density at radius 3 is 2.57 bits per heavy atom. The lowest BCUT2D eigenvalue weighted by molar-refractivity contribution is -0.189. The molecule has 0 bridgehead atoms. The standard InChI is InChI=1S/C14H17F3N2O2/c15-14(16,17)12(10-5-2-1-3-6-10)19-8-4-7-11(9-19)18-13(20)21/h1-3,5-6,11-12,18H,4,7-9H2,(H,20,21)/t11-,12?/m1/s1. The lowest BCUT2D eigenvalue weighted by Gasteiger charge is -2.39. The van der Waals surface area contributed by atoms with E-state index < -0.39 is 24.4 Å². The van der Waals surface area contributed by atoms with Gasteiger partial charge in [-0.1, -0.05) is 30.3 Å². The number of carbonyl (C=O) groups is 1. The predicted molar refractivity (Wildman–Crippen MR) is 71.0 cm³/mol. The number of alkyl halides is 3. The van der Waals surface area contributed by atoms with Gasteiger partial charge in [-0.2, -0.15) is 13.2 Å². The van der Waals surface area contributed by atoms with Crippen LogP contribution in [0.15, 0.2) is 30.3 Å². The zero-order valence-electron chi connectivity index (χ0n) is 11.3. The van der Waals surface area contributed by atoms with Crippen molar-refractivity contribution < 1.29 is 23.1 Å². The highest BCUT2D eigenvalue weighted by molar-refractivity contribution is 5.64. The molecule has 1 fully saturated rings. The van der Waals surface area contributed by atoms with Gasteiger partial charge in [0.25, 0.3) is 0 Å². The molecule has 0 radical (unpaired) electrons. The Kier molecular flexibility index (Phi) is 4.72. The minimum Gasteiger partial charge on any atom is -0.465 e. The van der Waals surface area contributed by atoms with Crippen molar-refractivity contribution in [1.29, 1.82) is 0 Å². The molecule has 1 heterocycles. The van der Waals surface area contributed by atoms with Crippen LogP contribution in [0, 0.1) is 0 Å². The monoisotopic (exact) mass is 302 g/mol. The molecule has 1 saturated heterocycles. The van der Waals surface area contributed by atoms with E-state index in [1.165, 1.54) is 17.0 Å². The Bertz CT molecular complexity index is 479. The van der Waals surface area contributed by atoms with Gasteiger partial charge in [0.05, 0.1) is 0 Å². The number of benzene rings is 1. The third kappa shape index (κ3) is 4.10. The SMILES string of the molecule is O=C(O)N[C@@H]1CCCN(C(c2ccccc2)C(F)(F)F)C1. The number of carboxylic acid groups (broad SMARTS) is 1. The van der Waals surface area contributed by atoms with Gasteiger partial charge in [0.15, 0.2) is 0 Å². The largest absolute Gasteiger partial charge is 0.465 e. The van der Waals surface area contributed by atoms with E-state index in [1.807, 2.05) is 0 Å². The fourth-order valence-corrected chi connectivity index (χ4v) is 2.78. The minimum absolute atomic E-state index is 0.0609. The summed E-state index contributed by atoms with van der Waals surface area (Å²) in [5.74, 6) is 0. The van der Waals surface area contributed by atoms with Gasteiger partial charge >= 0.3 is 12.3 Å². The van der Waals surface area contributed by atoms with E-state index >= 15 is 0 Å². The number of nitrogens with one attached hydrogen (secondary N) is 1. The lowest BCUT2D eigenvalue weighted by Crippen LogP contribution is -2.51. The number of halogens is 3. The first-order valence-electron chi connectivity index (χ1n) is 6.73. The molecule has 0 aromatic heterocycles. The molecule has 1 aromatic rings. The smallest absolute Gasteiger partial charge is 0.408 e. The number of likely N-dealkylation sites (tertiary alicyclic amines) is 1. The first-order chi connectivity index (χ1) is 9.88. The van der Waals surface area contributed by atoms with Gasteiger partial charge in [0.2, 0.25) is 0 Å². The number of hydrogen-bond donors (Lipinski definition) is 2. The van der Waals surface area contributed by atoms with Gasteiger partial charge in [-0.3, -0.25) is 4.90 Å². The number of nitrogens with zero attached hydrogens (tertiary/aromatic N) is 1. The van der Waals surface area contributed by atoms with Crippen molar-refractivity contribution in [2.75, 3.05) is 13.1 Å². The van der Waals surface area contributed by atoms with Crippen LogP contribution in [0.3, 0.4) is 0 Å². The highest BCUT2D eigenvalue weighted by Gasteiger charge is 2.45. The van der Waals surface area contributed by atoms with Crippen molar-refractivity contribution >= 4 is 6.09 Å². The maximum atomic E-state index is 13.4. The van der Waals surface area contributed by atoms with Crippen LogP contribution in [-0.2, 0) is 0 Å². The highest BCUT2D eigenvalue weighted by atomic mass is 19.4. The first kappa shape index (κ1) is 15.6. The number of hydrogen-bond acceptors (Lipinski definition) is 2. The summed E-state index contributed by atoms with van der Waals surface area (Å²) in [5, 5.41) is 11.0. The second-order valence-corrected chi connectivity index (χ2v) is 5.14. The quantitative estimate of drug-likeness (QED) is 0.902. The Hall–Kier alpha value is -1.76. The summed E-state index contributed by atoms with van der Waals surface area (Å²) in [4.78, 5) is 12.0. The van der Waals surface area contributed by atoms with E-state index in [1.54, 1.807) is 18.2 Å². The number of piperidine rings is 1. The topological polar surface area (TPSA) is 52.6 Å². The van der Waals surface area contributed by atoms with Crippen molar-refractivity contribution in [2.24, 2.45) is 0 Å². The van der Waals surface area contributed by atoms with Crippen LogP contribution in [0.25, 0.3) is 0 Å². The Morgan fingerprint density at radius 2 is 2.00 bits per heavy atom. The number of rotatable bonds is 3. The fourth-order valence-electron chi connectivity index (χ4n) is 2.78. The lowest BCUT2D eigenvalue weighted by atomic mass is 9.99. The molecular formula is C14H17F3N2O2. The summed E-state index contributed by atoms with van der Waals surface area (Å²) in [6.45, 7) is 0.363. The molecule has 21 heavy (non-hydrogen) atoms. The Balaban J connectivity index is 2.19. The van der Waals surface area contributed by atoms with E-state index in [0.717, 1.165) is 0 Å². The van der Waals surface area contributed by atoms with Gasteiger partial charge in [0.1, 0.15) is 6.04 Å². The second kappa shape index (κ2) is 6.34. The van der Waals surface area contributed by atoms with Crippen molar-refractivity contribution in [2.45, 2.75) is 31.1 Å². The Morgan fingerprint density at radius 1 is 1.33 bits per heavy atom. The van der Waals surface area contributed by atoms with Crippen molar-refractivity contribution in [3.63, 3.8) is 0 Å². The third-order valence-corrected chi connectivity index (χ3v) is 3.57. The molecule has 1 unspecified atom stereocenters. The molecule has 1 aliphatic rings. The maximum Gasteiger partial charge on any atom is 0.408 e. The average Bonchev–Trinajstić information content (AvgIpc) is 2.38. The molecule has 1 aliphatic heterocycles. The molecular weight excluding hydrogens is 285 g/mol. The summed E-state index contributed by atoms with van der Waals surface area (Å²) < 4.78 is 40.2. The van der Waals surface area contributed by atoms with Crippen LogP contribution in [0.2, 0.25) is 0 Å². The summed E-state index contributed by atoms with van der Waals surface area (Å²) in [5.41, 5.74) is 0.181. The van der Waals surface area contributed by atoms with E-state index in [4.69, 9.17) is 5.11 Å². The van der Waals surface area contributed by atoms with Crippen molar-refractivity contribution in [3.8, 4) is 0 Å². The van der Waals surface area contributed by atoms with Gasteiger partial charge in [-0.25, -0.2) is 4.79 Å². The molecule has 2 rings (SSSR count). The van der Waals surface area contributed by atoms with E-state index in [-0.39, 0.29) is 12.1 Å². The fraction of sp³-hybridized carbons (Fsp3) is 0.500. The van der Waals surface area contributed by atoms with Gasteiger partial charge in [-0.05, 0) is 24.9 Å². The molecule has 116 valence electrons. The highest BCUT2D eigenvalue weighted by Crippen LogP contribution is 2.38. The molecule has 7 heteroatoms. The summed E-state index contributed by atoms with van der Waals surface area (Å²) in [6.07, 6.45) is -4.51. The van der Waals surface area contributed by atoms with Crippen LogP contribution in [0.4, 0.5) is 18.0 Å². The van der Waals surface area contributed by atoms with E-state index in [0.29, 0.717) is 19.4 Å². The molecule has 4 nitrogen and oxygen atoms in total. The normalized spacial score (nSPS) is 21.8. The van der Waals surface area contributed by atoms with Crippen molar-refractivity contribution in [3.05, 3.63) is 35.9 Å². The van der Waals surface area contributed by atoms with Gasteiger partial charge in [-0.15, -0.1) is 0 Å². The van der Waals surface area contributed by atoms with E-state index in [9.17, 15) is 18.0 Å². The second-order valence-electron chi connectivity index (χ2n) is 5.14. The first-order valence-corrected chi connectivity index (χ1v) is 6.73. The molecule has 0 aliphatic carbocycles. The van der Waals surface area contributed by atoms with Gasteiger partial charge < -0.3 is 10.4 Å². The van der Waals surface area contributed by atoms with E-state index in [2.05, 4.69) is 5.32 Å². The Labute approximate surface area is 120 Å². The van der Waals surface area contributed by atoms with Crippen LogP contribution in [0.1, 0.15) is 24.4 Å². The molecule has 2 atom stereocenters. The molecule has 0 saturated carbocycles. The number of amides is 1.